The van der Waals surface area contributed by atoms with Crippen molar-refractivity contribution in [1.29, 1.82) is 0 Å². The first-order valence-corrected chi connectivity index (χ1v) is 19.1. The van der Waals surface area contributed by atoms with Crippen molar-refractivity contribution in [1.82, 2.24) is 24.1 Å². The summed E-state index contributed by atoms with van der Waals surface area (Å²) in [6.45, 7) is 0. The van der Waals surface area contributed by atoms with Gasteiger partial charge in [-0.25, -0.2) is 15.0 Å². The lowest BCUT2D eigenvalue weighted by Gasteiger charge is -2.10. The Kier molecular flexibility index (Phi) is 6.83. The van der Waals surface area contributed by atoms with Gasteiger partial charge in [-0.15, -0.1) is 0 Å². The van der Waals surface area contributed by atoms with Gasteiger partial charge in [-0.1, -0.05) is 127 Å². The molecule has 57 heavy (non-hydrogen) atoms. The van der Waals surface area contributed by atoms with E-state index >= 15 is 0 Å². The van der Waals surface area contributed by atoms with Gasteiger partial charge in [-0.2, -0.15) is 0 Å². The lowest BCUT2D eigenvalue weighted by atomic mass is 10.1. The molecule has 0 bridgehead atoms. The Morgan fingerprint density at radius 3 is 1.49 bits per heavy atom. The normalized spacial score (nSPS) is 11.9. The van der Waals surface area contributed by atoms with Crippen LogP contribution in [0.3, 0.4) is 0 Å². The number of benzene rings is 8. The maximum Gasteiger partial charge on any atom is 0.167 e. The highest BCUT2D eigenvalue weighted by Crippen LogP contribution is 2.41. The van der Waals surface area contributed by atoms with Crippen LogP contribution in [0.25, 0.3) is 111 Å². The average molecular weight is 730 g/mol. The zero-order valence-corrected chi connectivity index (χ0v) is 30.5. The minimum atomic E-state index is 0.563. The molecule has 0 aliphatic carbocycles. The second-order valence-electron chi connectivity index (χ2n) is 14.4. The molecule has 0 unspecified atom stereocenters. The van der Waals surface area contributed by atoms with Gasteiger partial charge in [-0.3, -0.25) is 0 Å². The fourth-order valence-electron chi connectivity index (χ4n) is 8.60. The van der Waals surface area contributed by atoms with E-state index in [0.29, 0.717) is 17.5 Å². The third kappa shape index (κ3) is 4.87. The Labute approximate surface area is 326 Å². The fraction of sp³-hybridized carbons (Fsp3) is 0. The summed E-state index contributed by atoms with van der Waals surface area (Å²) in [6.07, 6.45) is 0. The molecule has 0 saturated carbocycles. The Balaban J connectivity index is 1.08. The topological polar surface area (TPSA) is 61.7 Å². The monoisotopic (exact) mass is 729 g/mol. The van der Waals surface area contributed by atoms with Crippen molar-refractivity contribution in [2.75, 3.05) is 0 Å². The zero-order chi connectivity index (χ0) is 37.5. The summed E-state index contributed by atoms with van der Waals surface area (Å²) >= 11 is 0. The number of para-hydroxylation sites is 4. The summed E-state index contributed by atoms with van der Waals surface area (Å²) in [6, 6.07) is 65.6. The zero-order valence-electron chi connectivity index (χ0n) is 30.5. The van der Waals surface area contributed by atoms with E-state index in [0.717, 1.165) is 61.0 Å². The Morgan fingerprint density at radius 2 is 0.860 bits per heavy atom. The van der Waals surface area contributed by atoms with Crippen molar-refractivity contribution >= 4 is 65.6 Å². The van der Waals surface area contributed by atoms with Crippen LogP contribution in [-0.2, 0) is 0 Å². The SMILES string of the molecule is c1ccc(-c2nc(-c3ccccc3)nc(-c3cccc4c3oc3ccc(-n5c6ccccc6c6cc7c8ccccc8n(-c8ccccc8)c7cc65)cc34)n2)cc1. The molecular formula is C51H31N5O. The highest BCUT2D eigenvalue weighted by atomic mass is 16.3. The predicted octanol–water partition coefficient (Wildman–Crippen LogP) is 13.0. The number of fused-ring (bicyclic) bond motifs is 9. The molecule has 0 N–H and O–H groups in total. The van der Waals surface area contributed by atoms with E-state index in [-0.39, 0.29) is 0 Å². The van der Waals surface area contributed by atoms with Crippen molar-refractivity contribution in [2.24, 2.45) is 0 Å². The van der Waals surface area contributed by atoms with Gasteiger partial charge in [0.2, 0.25) is 0 Å². The largest absolute Gasteiger partial charge is 0.455 e. The number of hydrogen-bond acceptors (Lipinski definition) is 4. The number of furan rings is 1. The summed E-state index contributed by atoms with van der Waals surface area (Å²) in [4.78, 5) is 15.0. The third-order valence-corrected chi connectivity index (χ3v) is 11.2. The summed E-state index contributed by atoms with van der Waals surface area (Å²) in [7, 11) is 0. The first-order chi connectivity index (χ1) is 28.3. The van der Waals surface area contributed by atoms with Gasteiger partial charge in [0.25, 0.3) is 0 Å². The first-order valence-electron chi connectivity index (χ1n) is 19.1. The summed E-state index contributed by atoms with van der Waals surface area (Å²) in [5.41, 5.74) is 11.0. The molecule has 0 saturated heterocycles. The van der Waals surface area contributed by atoms with E-state index in [1.807, 2.05) is 66.7 Å². The minimum absolute atomic E-state index is 0.563. The molecule has 0 atom stereocenters. The van der Waals surface area contributed by atoms with Crippen LogP contribution in [0, 0.1) is 0 Å². The quantitative estimate of drug-likeness (QED) is 0.177. The first kappa shape index (κ1) is 31.5. The number of rotatable bonds is 5. The Hall–Kier alpha value is -7.83. The van der Waals surface area contributed by atoms with Crippen LogP contribution in [0.4, 0.5) is 0 Å². The van der Waals surface area contributed by atoms with Crippen molar-refractivity contribution in [3.8, 4) is 45.5 Å². The van der Waals surface area contributed by atoms with Crippen LogP contribution >= 0.6 is 0 Å². The molecule has 12 aromatic rings. The second-order valence-corrected chi connectivity index (χ2v) is 14.4. The van der Waals surface area contributed by atoms with Gasteiger partial charge in [-0.05, 0) is 60.7 Å². The Morgan fingerprint density at radius 1 is 0.333 bits per heavy atom. The van der Waals surface area contributed by atoms with E-state index in [9.17, 15) is 0 Å². The van der Waals surface area contributed by atoms with E-state index in [1.165, 1.54) is 32.6 Å². The van der Waals surface area contributed by atoms with Crippen molar-refractivity contribution in [3.05, 3.63) is 188 Å². The van der Waals surface area contributed by atoms with Crippen molar-refractivity contribution in [2.45, 2.75) is 0 Å². The smallest absolute Gasteiger partial charge is 0.167 e. The molecule has 266 valence electrons. The fourth-order valence-corrected chi connectivity index (χ4v) is 8.60. The molecule has 6 nitrogen and oxygen atoms in total. The number of nitrogens with zero attached hydrogens (tertiary/aromatic N) is 5. The molecule has 0 aliphatic heterocycles. The molecule has 4 heterocycles. The number of aromatic nitrogens is 5. The van der Waals surface area contributed by atoms with Gasteiger partial charge in [0, 0.05) is 54.8 Å². The third-order valence-electron chi connectivity index (χ3n) is 11.2. The summed E-state index contributed by atoms with van der Waals surface area (Å²) in [5, 5.41) is 6.92. The van der Waals surface area contributed by atoms with Crippen molar-refractivity contribution < 1.29 is 4.42 Å². The lowest BCUT2D eigenvalue weighted by Crippen LogP contribution is -2.00. The maximum atomic E-state index is 6.72. The molecule has 0 fully saturated rings. The number of hydrogen-bond donors (Lipinski definition) is 0. The molecule has 0 radical (unpaired) electrons. The Bertz CT molecular complexity index is 3450. The van der Waals surface area contributed by atoms with Crippen LogP contribution in [0.2, 0.25) is 0 Å². The van der Waals surface area contributed by atoms with Gasteiger partial charge in [0.05, 0.1) is 27.6 Å². The van der Waals surface area contributed by atoms with E-state index in [2.05, 4.69) is 130 Å². The maximum absolute atomic E-state index is 6.72. The molecule has 6 heteroatoms. The van der Waals surface area contributed by atoms with E-state index in [4.69, 9.17) is 19.4 Å². The average Bonchev–Trinajstić information content (AvgIpc) is 3.93. The molecule has 4 aromatic heterocycles. The van der Waals surface area contributed by atoms with Gasteiger partial charge >= 0.3 is 0 Å². The van der Waals surface area contributed by atoms with Crippen LogP contribution < -0.4 is 0 Å². The predicted molar refractivity (Wildman–Crippen MR) is 232 cm³/mol. The highest BCUT2D eigenvalue weighted by molar-refractivity contribution is 6.19. The lowest BCUT2D eigenvalue weighted by molar-refractivity contribution is 0.669. The highest BCUT2D eigenvalue weighted by Gasteiger charge is 2.21. The molecular weight excluding hydrogens is 699 g/mol. The summed E-state index contributed by atoms with van der Waals surface area (Å²) < 4.78 is 11.5. The molecule has 8 aromatic carbocycles. The van der Waals surface area contributed by atoms with Crippen LogP contribution in [0.5, 0.6) is 0 Å². The second kappa shape index (κ2) is 12.3. The van der Waals surface area contributed by atoms with E-state index < -0.39 is 0 Å². The van der Waals surface area contributed by atoms with Crippen molar-refractivity contribution in [3.63, 3.8) is 0 Å². The summed E-state index contributed by atoms with van der Waals surface area (Å²) in [5.74, 6) is 1.79. The van der Waals surface area contributed by atoms with Crippen LogP contribution in [-0.4, -0.2) is 24.1 Å². The minimum Gasteiger partial charge on any atom is -0.455 e. The van der Waals surface area contributed by atoms with Gasteiger partial charge in [0.15, 0.2) is 17.5 Å². The van der Waals surface area contributed by atoms with E-state index in [1.54, 1.807) is 0 Å². The molecule has 12 rings (SSSR count). The molecule has 0 spiro atoms. The molecule has 0 aliphatic rings. The van der Waals surface area contributed by atoms with Gasteiger partial charge < -0.3 is 13.6 Å². The van der Waals surface area contributed by atoms with Crippen LogP contribution in [0.1, 0.15) is 0 Å². The van der Waals surface area contributed by atoms with Crippen LogP contribution in [0.15, 0.2) is 192 Å². The van der Waals surface area contributed by atoms with Gasteiger partial charge in [0.1, 0.15) is 11.2 Å². The molecule has 0 amide bonds. The standard InChI is InChI=1S/C51H31N5O/c1-4-15-32(16-5-1)49-52-50(33-17-6-2-7-18-33)54-51(53-49)39-24-14-23-38-42-29-35(27-28-47(42)57-48(38)39)56-44-26-13-11-22-37(44)41-30-40-36-21-10-12-25-43(36)55(45(40)31-46(41)56)34-19-8-3-9-20-34/h1-31H.